The molecule has 31 heavy (non-hydrogen) atoms. The van der Waals surface area contributed by atoms with Gasteiger partial charge in [0.25, 0.3) is 0 Å². The lowest BCUT2D eigenvalue weighted by Gasteiger charge is -2.39. The normalized spacial score (nSPS) is 14.3. The van der Waals surface area contributed by atoms with E-state index < -0.39 is 0 Å². The average Bonchev–Trinajstić information content (AvgIpc) is 2.70. The van der Waals surface area contributed by atoms with Gasteiger partial charge < -0.3 is 9.80 Å². The summed E-state index contributed by atoms with van der Waals surface area (Å²) in [4.78, 5) is 4.76. The SMILES string of the molecule is C=C1c2cc3c(cc2N(C)c2cc(C)cc(C)c21)C(=C)c1c(C)cc(C)cc1N3CC. The van der Waals surface area contributed by atoms with E-state index in [4.69, 9.17) is 0 Å². The Morgan fingerprint density at radius 2 is 1.13 bits per heavy atom. The number of aryl methyl sites for hydroxylation is 4. The zero-order valence-electron chi connectivity index (χ0n) is 19.5. The first-order valence-corrected chi connectivity index (χ1v) is 11.0. The van der Waals surface area contributed by atoms with E-state index in [0.29, 0.717) is 0 Å². The molecule has 3 aromatic carbocycles. The third kappa shape index (κ3) is 2.64. The van der Waals surface area contributed by atoms with Gasteiger partial charge in [-0.25, -0.2) is 0 Å². The molecule has 3 aromatic rings. The molecule has 2 heteroatoms. The average molecular weight is 407 g/mol. The molecular weight excluding hydrogens is 376 g/mol. The van der Waals surface area contributed by atoms with Crippen LogP contribution < -0.4 is 9.80 Å². The van der Waals surface area contributed by atoms with Gasteiger partial charge in [-0.05, 0) is 92.3 Å². The van der Waals surface area contributed by atoms with Gasteiger partial charge in [-0.2, -0.15) is 0 Å². The van der Waals surface area contributed by atoms with Crippen molar-refractivity contribution < 1.29 is 0 Å². The molecule has 0 saturated carbocycles. The summed E-state index contributed by atoms with van der Waals surface area (Å²) in [6.45, 7) is 21.0. The molecule has 2 aliphatic rings. The number of anilines is 4. The monoisotopic (exact) mass is 406 g/mol. The molecule has 2 aliphatic heterocycles. The molecule has 5 rings (SSSR count). The fourth-order valence-corrected chi connectivity index (χ4v) is 5.58. The first-order valence-electron chi connectivity index (χ1n) is 11.0. The Morgan fingerprint density at radius 3 is 1.71 bits per heavy atom. The van der Waals surface area contributed by atoms with Crippen LogP contribution in [0.25, 0.3) is 11.1 Å². The Morgan fingerprint density at radius 1 is 0.645 bits per heavy atom. The summed E-state index contributed by atoms with van der Waals surface area (Å²) < 4.78 is 0. The quantitative estimate of drug-likeness (QED) is 0.410. The molecule has 0 saturated heterocycles. The van der Waals surface area contributed by atoms with Crippen molar-refractivity contribution >= 4 is 33.9 Å². The minimum absolute atomic E-state index is 0.909. The zero-order valence-corrected chi connectivity index (χ0v) is 19.5. The van der Waals surface area contributed by atoms with Gasteiger partial charge in [0.2, 0.25) is 0 Å². The first-order chi connectivity index (χ1) is 14.7. The molecule has 0 radical (unpaired) electrons. The Labute approximate surface area is 186 Å². The van der Waals surface area contributed by atoms with E-state index >= 15 is 0 Å². The maximum absolute atomic E-state index is 4.55. The fraction of sp³-hybridized carbons (Fsp3) is 0.241. The van der Waals surface area contributed by atoms with Crippen molar-refractivity contribution in [2.24, 2.45) is 0 Å². The van der Waals surface area contributed by atoms with Crippen molar-refractivity contribution in [1.29, 1.82) is 0 Å². The minimum Gasteiger partial charge on any atom is -0.344 e. The molecule has 0 aliphatic carbocycles. The lowest BCUT2D eigenvalue weighted by Crippen LogP contribution is -2.25. The minimum atomic E-state index is 0.909. The second-order valence-electron chi connectivity index (χ2n) is 9.10. The van der Waals surface area contributed by atoms with Gasteiger partial charge in [0.05, 0.1) is 0 Å². The van der Waals surface area contributed by atoms with Crippen LogP contribution in [0.1, 0.15) is 51.4 Å². The molecule has 0 amide bonds. The van der Waals surface area contributed by atoms with Gasteiger partial charge in [-0.1, -0.05) is 25.3 Å². The number of rotatable bonds is 1. The largest absolute Gasteiger partial charge is 0.344 e. The molecule has 156 valence electrons. The highest BCUT2D eigenvalue weighted by atomic mass is 15.2. The zero-order chi connectivity index (χ0) is 22.2. The number of benzene rings is 3. The van der Waals surface area contributed by atoms with Crippen molar-refractivity contribution in [3.63, 3.8) is 0 Å². The van der Waals surface area contributed by atoms with E-state index in [-0.39, 0.29) is 0 Å². The van der Waals surface area contributed by atoms with Crippen LogP contribution in [0.15, 0.2) is 49.6 Å². The lowest BCUT2D eigenvalue weighted by atomic mass is 9.82. The maximum atomic E-state index is 4.55. The highest BCUT2D eigenvalue weighted by Crippen LogP contribution is 2.52. The summed E-state index contributed by atoms with van der Waals surface area (Å²) in [5.41, 5.74) is 17.2. The predicted octanol–water partition coefficient (Wildman–Crippen LogP) is 7.60. The van der Waals surface area contributed by atoms with Crippen LogP contribution in [0.4, 0.5) is 22.7 Å². The molecule has 0 N–H and O–H groups in total. The van der Waals surface area contributed by atoms with Gasteiger partial charge in [-0.3, -0.25) is 0 Å². The number of hydrogen-bond donors (Lipinski definition) is 0. The highest BCUT2D eigenvalue weighted by Gasteiger charge is 2.31. The summed E-state index contributed by atoms with van der Waals surface area (Å²) >= 11 is 0. The summed E-state index contributed by atoms with van der Waals surface area (Å²) in [6.07, 6.45) is 0. The van der Waals surface area contributed by atoms with Gasteiger partial charge in [0.1, 0.15) is 0 Å². The topological polar surface area (TPSA) is 6.48 Å². The Hall–Kier alpha value is -3.26. The molecule has 0 fully saturated rings. The second-order valence-corrected chi connectivity index (χ2v) is 9.10. The third-order valence-electron chi connectivity index (χ3n) is 6.91. The molecule has 0 atom stereocenters. The third-order valence-corrected chi connectivity index (χ3v) is 6.91. The number of nitrogens with zero attached hydrogens (tertiary/aromatic N) is 2. The lowest BCUT2D eigenvalue weighted by molar-refractivity contribution is 1.00. The molecule has 0 unspecified atom stereocenters. The maximum Gasteiger partial charge on any atom is 0.0498 e. The molecule has 0 spiro atoms. The van der Waals surface area contributed by atoms with Gasteiger partial charge in [-0.15, -0.1) is 0 Å². The highest BCUT2D eigenvalue weighted by molar-refractivity contribution is 6.05. The number of hydrogen-bond acceptors (Lipinski definition) is 2. The molecule has 2 heterocycles. The van der Waals surface area contributed by atoms with Gasteiger partial charge in [0.15, 0.2) is 0 Å². The Balaban J connectivity index is 1.78. The molecule has 0 bridgehead atoms. The van der Waals surface area contributed by atoms with Crippen LogP contribution in [0.2, 0.25) is 0 Å². The van der Waals surface area contributed by atoms with Crippen molar-refractivity contribution in [2.75, 3.05) is 23.4 Å². The predicted molar refractivity (Wildman–Crippen MR) is 135 cm³/mol. The van der Waals surface area contributed by atoms with Gasteiger partial charge >= 0.3 is 0 Å². The van der Waals surface area contributed by atoms with Crippen molar-refractivity contribution in [2.45, 2.75) is 34.6 Å². The second kappa shape index (κ2) is 6.62. The van der Waals surface area contributed by atoms with E-state index in [1.165, 1.54) is 67.3 Å². The fourth-order valence-electron chi connectivity index (χ4n) is 5.58. The molecule has 2 nitrogen and oxygen atoms in total. The van der Waals surface area contributed by atoms with E-state index in [2.05, 4.69) is 101 Å². The number of fused-ring (bicyclic) bond motifs is 4. The molecule has 0 aromatic heterocycles. The van der Waals surface area contributed by atoms with E-state index in [0.717, 1.165) is 17.7 Å². The van der Waals surface area contributed by atoms with Crippen LogP contribution in [0.5, 0.6) is 0 Å². The summed E-state index contributed by atoms with van der Waals surface area (Å²) in [5, 5.41) is 0. The van der Waals surface area contributed by atoms with Crippen LogP contribution in [-0.2, 0) is 0 Å². The van der Waals surface area contributed by atoms with E-state index in [1.54, 1.807) is 0 Å². The van der Waals surface area contributed by atoms with Gasteiger partial charge in [0, 0.05) is 58.6 Å². The summed E-state index contributed by atoms with van der Waals surface area (Å²) in [5.74, 6) is 0. The van der Waals surface area contributed by atoms with Crippen molar-refractivity contribution in [3.05, 3.63) is 94.1 Å². The van der Waals surface area contributed by atoms with Crippen molar-refractivity contribution in [1.82, 2.24) is 0 Å². The van der Waals surface area contributed by atoms with Crippen molar-refractivity contribution in [3.8, 4) is 0 Å². The smallest absolute Gasteiger partial charge is 0.0498 e. The Kier molecular flexibility index (Phi) is 4.20. The summed E-state index contributed by atoms with van der Waals surface area (Å²) in [6, 6.07) is 13.7. The molecular formula is C29H30N2. The standard InChI is InChI=1S/C29H30N2/c1-9-31-25-15-22-20(6)28-18(4)10-16(2)12-26(28)30(8)24(22)14-23(25)21(7)29-19(5)11-17(3)13-27(29)31/h10-15H,6-7,9H2,1-5,8H3. The van der Waals surface area contributed by atoms with Crippen LogP contribution in [0, 0.1) is 27.7 Å². The van der Waals surface area contributed by atoms with E-state index in [9.17, 15) is 0 Å². The first kappa shape index (κ1) is 19.7. The van der Waals surface area contributed by atoms with Crippen LogP contribution in [-0.4, -0.2) is 13.6 Å². The van der Waals surface area contributed by atoms with Crippen LogP contribution in [0.3, 0.4) is 0 Å². The van der Waals surface area contributed by atoms with Crippen LogP contribution >= 0.6 is 0 Å². The summed E-state index contributed by atoms with van der Waals surface area (Å²) in [7, 11) is 2.17. The Bertz CT molecular complexity index is 1310. The van der Waals surface area contributed by atoms with E-state index in [1.807, 2.05) is 0 Å².